The number of fused-ring (bicyclic) bond motifs is 1. The highest BCUT2D eigenvalue weighted by Crippen LogP contribution is 2.30. The van der Waals surface area contributed by atoms with E-state index in [-0.39, 0.29) is 0 Å². The third kappa shape index (κ3) is 2.16. The summed E-state index contributed by atoms with van der Waals surface area (Å²) in [6, 6.07) is 13.9. The van der Waals surface area contributed by atoms with Gasteiger partial charge in [-0.2, -0.15) is 5.26 Å². The van der Waals surface area contributed by atoms with Crippen molar-refractivity contribution in [1.82, 2.24) is 4.98 Å². The van der Waals surface area contributed by atoms with E-state index in [0.717, 1.165) is 21.6 Å². The predicted octanol–water partition coefficient (Wildman–Crippen LogP) is 4.22. The standard InChI is InChI=1S/C15H11N3S/c1-10-9-17-15(19-10)18-14-7-6-11(8-16)12-4-2-3-5-13(12)14/h2-7,9H,1H3,(H,17,18). The number of benzene rings is 2. The van der Waals surface area contributed by atoms with Crippen molar-refractivity contribution in [3.63, 3.8) is 0 Å². The quantitative estimate of drug-likeness (QED) is 0.754. The molecule has 3 rings (SSSR count). The highest BCUT2D eigenvalue weighted by molar-refractivity contribution is 7.15. The fraction of sp³-hybridized carbons (Fsp3) is 0.0667. The van der Waals surface area contributed by atoms with Gasteiger partial charge in [0, 0.05) is 27.5 Å². The van der Waals surface area contributed by atoms with E-state index in [0.29, 0.717) is 5.56 Å². The first-order valence-corrected chi connectivity index (χ1v) is 6.71. The maximum Gasteiger partial charge on any atom is 0.187 e. The van der Waals surface area contributed by atoms with Gasteiger partial charge in [0.1, 0.15) is 0 Å². The monoisotopic (exact) mass is 265 g/mol. The number of anilines is 2. The van der Waals surface area contributed by atoms with Crippen LogP contribution in [0.2, 0.25) is 0 Å². The molecule has 0 aliphatic rings. The lowest BCUT2D eigenvalue weighted by atomic mass is 10.0. The minimum atomic E-state index is 0.691. The zero-order valence-corrected chi connectivity index (χ0v) is 11.2. The third-order valence-corrected chi connectivity index (χ3v) is 3.74. The number of nitrogens with zero attached hydrogens (tertiary/aromatic N) is 2. The molecule has 0 aliphatic carbocycles. The molecule has 92 valence electrons. The summed E-state index contributed by atoms with van der Waals surface area (Å²) in [4.78, 5) is 5.47. The molecule has 3 aromatic rings. The lowest BCUT2D eigenvalue weighted by Gasteiger charge is -2.08. The van der Waals surface area contributed by atoms with Gasteiger partial charge in [0.2, 0.25) is 0 Å². The molecule has 1 N–H and O–H groups in total. The van der Waals surface area contributed by atoms with Crippen molar-refractivity contribution in [2.45, 2.75) is 6.92 Å². The maximum atomic E-state index is 9.14. The third-order valence-electron chi connectivity index (χ3n) is 2.91. The Hall–Kier alpha value is -2.38. The number of aromatic nitrogens is 1. The number of hydrogen-bond donors (Lipinski definition) is 1. The smallest absolute Gasteiger partial charge is 0.187 e. The summed E-state index contributed by atoms with van der Waals surface area (Å²) in [5.41, 5.74) is 1.67. The molecule has 0 fully saturated rings. The van der Waals surface area contributed by atoms with Crippen LogP contribution in [0.25, 0.3) is 10.8 Å². The maximum absolute atomic E-state index is 9.14. The van der Waals surface area contributed by atoms with Gasteiger partial charge in [-0.3, -0.25) is 0 Å². The predicted molar refractivity (Wildman–Crippen MR) is 78.8 cm³/mol. The van der Waals surface area contributed by atoms with Gasteiger partial charge in [0.05, 0.1) is 11.6 Å². The molecule has 0 amide bonds. The minimum absolute atomic E-state index is 0.691. The Morgan fingerprint density at radius 1 is 1.16 bits per heavy atom. The first kappa shape index (κ1) is 11.7. The van der Waals surface area contributed by atoms with Gasteiger partial charge in [-0.15, -0.1) is 11.3 Å². The number of nitrogens with one attached hydrogen (secondary N) is 1. The van der Waals surface area contributed by atoms with E-state index in [1.807, 2.05) is 49.5 Å². The Labute approximate surface area is 115 Å². The van der Waals surface area contributed by atoms with Crippen molar-refractivity contribution in [2.24, 2.45) is 0 Å². The molecule has 0 atom stereocenters. The molecule has 19 heavy (non-hydrogen) atoms. The minimum Gasteiger partial charge on any atom is -0.331 e. The molecule has 0 radical (unpaired) electrons. The van der Waals surface area contributed by atoms with Gasteiger partial charge < -0.3 is 5.32 Å². The molecule has 0 aliphatic heterocycles. The second-order valence-electron chi connectivity index (χ2n) is 4.22. The van der Waals surface area contributed by atoms with E-state index in [9.17, 15) is 0 Å². The number of thiazole rings is 1. The molecule has 0 unspecified atom stereocenters. The molecule has 1 aromatic heterocycles. The van der Waals surface area contributed by atoms with Crippen LogP contribution in [0, 0.1) is 18.3 Å². The van der Waals surface area contributed by atoms with E-state index in [4.69, 9.17) is 5.26 Å². The summed E-state index contributed by atoms with van der Waals surface area (Å²) in [6.07, 6.45) is 1.85. The Kier molecular flexibility index (Phi) is 2.90. The Morgan fingerprint density at radius 2 is 1.95 bits per heavy atom. The Morgan fingerprint density at radius 3 is 2.63 bits per heavy atom. The Balaban J connectivity index is 2.12. The molecule has 1 heterocycles. The Bertz CT molecular complexity index is 783. The average molecular weight is 265 g/mol. The van der Waals surface area contributed by atoms with Crippen LogP contribution in [-0.4, -0.2) is 4.98 Å². The topological polar surface area (TPSA) is 48.7 Å². The number of rotatable bonds is 2. The first-order chi connectivity index (χ1) is 9.28. The normalized spacial score (nSPS) is 10.3. The van der Waals surface area contributed by atoms with Gasteiger partial charge in [0.25, 0.3) is 0 Å². The summed E-state index contributed by atoms with van der Waals surface area (Å²) >= 11 is 1.61. The fourth-order valence-corrected chi connectivity index (χ4v) is 2.71. The van der Waals surface area contributed by atoms with Crippen LogP contribution in [0.3, 0.4) is 0 Å². The SMILES string of the molecule is Cc1cnc(Nc2ccc(C#N)c3ccccc23)s1. The van der Waals surface area contributed by atoms with Crippen molar-refractivity contribution in [3.8, 4) is 6.07 Å². The average Bonchev–Trinajstić information content (AvgIpc) is 2.85. The zero-order chi connectivity index (χ0) is 13.2. The van der Waals surface area contributed by atoms with Crippen molar-refractivity contribution in [2.75, 3.05) is 5.32 Å². The van der Waals surface area contributed by atoms with Gasteiger partial charge in [0.15, 0.2) is 5.13 Å². The fourth-order valence-electron chi connectivity index (χ4n) is 2.03. The molecule has 0 bridgehead atoms. The van der Waals surface area contributed by atoms with Crippen LogP contribution in [0.4, 0.5) is 10.8 Å². The summed E-state index contributed by atoms with van der Waals surface area (Å²) in [6.45, 7) is 2.03. The number of aryl methyl sites for hydroxylation is 1. The van der Waals surface area contributed by atoms with Crippen molar-refractivity contribution < 1.29 is 0 Å². The largest absolute Gasteiger partial charge is 0.331 e. The van der Waals surface area contributed by atoms with E-state index in [1.165, 1.54) is 4.88 Å². The first-order valence-electron chi connectivity index (χ1n) is 5.89. The molecule has 4 heteroatoms. The van der Waals surface area contributed by atoms with Crippen molar-refractivity contribution in [1.29, 1.82) is 5.26 Å². The molecular weight excluding hydrogens is 254 g/mol. The van der Waals surface area contributed by atoms with Crippen LogP contribution in [0.15, 0.2) is 42.6 Å². The number of hydrogen-bond acceptors (Lipinski definition) is 4. The summed E-state index contributed by atoms with van der Waals surface area (Å²) < 4.78 is 0. The lowest BCUT2D eigenvalue weighted by Crippen LogP contribution is -1.91. The molecule has 0 saturated heterocycles. The molecule has 3 nitrogen and oxygen atoms in total. The van der Waals surface area contributed by atoms with E-state index >= 15 is 0 Å². The summed E-state index contributed by atoms with van der Waals surface area (Å²) in [7, 11) is 0. The summed E-state index contributed by atoms with van der Waals surface area (Å²) in [5.74, 6) is 0. The van der Waals surface area contributed by atoms with Crippen LogP contribution >= 0.6 is 11.3 Å². The van der Waals surface area contributed by atoms with Gasteiger partial charge in [-0.05, 0) is 19.1 Å². The lowest BCUT2D eigenvalue weighted by molar-refractivity contribution is 1.37. The van der Waals surface area contributed by atoms with Crippen LogP contribution in [0.5, 0.6) is 0 Å². The van der Waals surface area contributed by atoms with Crippen molar-refractivity contribution in [3.05, 3.63) is 53.0 Å². The molecule has 0 spiro atoms. The van der Waals surface area contributed by atoms with Crippen LogP contribution in [-0.2, 0) is 0 Å². The molecule has 0 saturated carbocycles. The molecule has 2 aromatic carbocycles. The zero-order valence-electron chi connectivity index (χ0n) is 10.3. The summed E-state index contributed by atoms with van der Waals surface area (Å²) in [5, 5.41) is 15.3. The second kappa shape index (κ2) is 4.71. The van der Waals surface area contributed by atoms with Crippen LogP contribution < -0.4 is 5.32 Å². The van der Waals surface area contributed by atoms with Crippen molar-refractivity contribution >= 4 is 32.9 Å². The van der Waals surface area contributed by atoms with Gasteiger partial charge in [-0.25, -0.2) is 4.98 Å². The van der Waals surface area contributed by atoms with Gasteiger partial charge in [-0.1, -0.05) is 24.3 Å². The van der Waals surface area contributed by atoms with E-state index in [1.54, 1.807) is 11.3 Å². The highest BCUT2D eigenvalue weighted by Gasteiger charge is 2.06. The van der Waals surface area contributed by atoms with Crippen LogP contribution in [0.1, 0.15) is 10.4 Å². The van der Waals surface area contributed by atoms with Gasteiger partial charge >= 0.3 is 0 Å². The number of nitriles is 1. The van der Waals surface area contributed by atoms with E-state index in [2.05, 4.69) is 16.4 Å². The molecular formula is C15H11N3S. The van der Waals surface area contributed by atoms with E-state index < -0.39 is 0 Å². The highest BCUT2D eigenvalue weighted by atomic mass is 32.1. The second-order valence-corrected chi connectivity index (χ2v) is 5.45.